The molecule has 0 radical (unpaired) electrons. The summed E-state index contributed by atoms with van der Waals surface area (Å²) in [4.78, 5) is 25.1. The summed E-state index contributed by atoms with van der Waals surface area (Å²) in [7, 11) is 1.53. The third-order valence-corrected chi connectivity index (χ3v) is 5.46. The molecule has 6 nitrogen and oxygen atoms in total. The first-order valence-electron chi connectivity index (χ1n) is 10.8. The summed E-state index contributed by atoms with van der Waals surface area (Å²) in [6, 6.07) is 3.11. The molecular weight excluding hydrogens is 418 g/mol. The number of carboxylic acid groups (broad SMARTS) is 1. The Morgan fingerprint density at radius 1 is 1.25 bits per heavy atom. The molecular formula is C24H30F2N2O4. The first-order chi connectivity index (χ1) is 15.0. The van der Waals surface area contributed by atoms with Crippen LogP contribution in [0.15, 0.2) is 23.1 Å². The fourth-order valence-electron chi connectivity index (χ4n) is 4.16. The van der Waals surface area contributed by atoms with Crippen LogP contribution in [0, 0.1) is 5.92 Å². The second-order valence-corrected chi connectivity index (χ2v) is 8.92. The summed E-state index contributed by atoms with van der Waals surface area (Å²) >= 11 is 0. The van der Waals surface area contributed by atoms with E-state index >= 15 is 0 Å². The van der Waals surface area contributed by atoms with Crippen molar-refractivity contribution in [2.24, 2.45) is 5.92 Å². The van der Waals surface area contributed by atoms with Crippen molar-refractivity contribution in [1.29, 1.82) is 0 Å². The van der Waals surface area contributed by atoms with Gasteiger partial charge in [0.05, 0.1) is 31.6 Å². The SMILES string of the molecule is CC(C)C.CCc1c2c(cc(N3CC(F)(F)C3)c1OC)-c1cc(=O)c(C(=O)O)cn1CC2. The average molecular weight is 449 g/mol. The maximum Gasteiger partial charge on any atom is 0.341 e. The maximum absolute atomic E-state index is 13.5. The largest absolute Gasteiger partial charge is 0.494 e. The number of carbonyl (C=O) groups is 1. The number of rotatable bonds is 4. The van der Waals surface area contributed by atoms with Crippen LogP contribution in [0.25, 0.3) is 11.3 Å². The van der Waals surface area contributed by atoms with E-state index in [9.17, 15) is 23.5 Å². The van der Waals surface area contributed by atoms with Crippen molar-refractivity contribution in [1.82, 2.24) is 4.57 Å². The quantitative estimate of drug-likeness (QED) is 0.748. The van der Waals surface area contributed by atoms with E-state index in [1.807, 2.05) is 6.92 Å². The van der Waals surface area contributed by atoms with Gasteiger partial charge in [0.1, 0.15) is 11.3 Å². The van der Waals surface area contributed by atoms with Gasteiger partial charge in [-0.15, -0.1) is 0 Å². The van der Waals surface area contributed by atoms with Gasteiger partial charge in [-0.3, -0.25) is 4.79 Å². The fraction of sp³-hybridized carbons (Fsp3) is 0.500. The van der Waals surface area contributed by atoms with E-state index in [4.69, 9.17) is 4.74 Å². The number of hydrogen-bond acceptors (Lipinski definition) is 4. The van der Waals surface area contributed by atoms with Gasteiger partial charge in [0, 0.05) is 24.4 Å². The number of alkyl halides is 2. The standard InChI is InChI=1S/C20H20F2N2O4.C4H10/c1-3-11-12-4-5-23-8-14(19(26)27)17(25)7-15(23)13(12)6-16(18(11)28-2)24-9-20(21,22)10-24;1-4(2)3/h6-8H,3-5,9-10H2,1-2H3,(H,26,27);4H,1-3H3. The molecule has 1 fully saturated rings. The van der Waals surface area contributed by atoms with Crippen molar-refractivity contribution < 1.29 is 23.4 Å². The van der Waals surface area contributed by atoms with Crippen LogP contribution in [-0.2, 0) is 19.4 Å². The number of aryl methyl sites for hydroxylation is 1. The molecule has 32 heavy (non-hydrogen) atoms. The van der Waals surface area contributed by atoms with Crippen molar-refractivity contribution in [3.8, 4) is 17.0 Å². The van der Waals surface area contributed by atoms with Gasteiger partial charge >= 0.3 is 5.97 Å². The number of ether oxygens (including phenoxy) is 1. The predicted molar refractivity (Wildman–Crippen MR) is 120 cm³/mol. The lowest BCUT2D eigenvalue weighted by Gasteiger charge is -2.42. The Balaban J connectivity index is 0.000000668. The van der Waals surface area contributed by atoms with Crippen molar-refractivity contribution in [3.05, 3.63) is 45.2 Å². The van der Waals surface area contributed by atoms with E-state index in [2.05, 4.69) is 20.8 Å². The van der Waals surface area contributed by atoms with E-state index in [1.165, 1.54) is 19.4 Å². The van der Waals surface area contributed by atoms with E-state index in [-0.39, 0.29) is 18.7 Å². The van der Waals surface area contributed by atoms with Crippen molar-refractivity contribution in [2.75, 3.05) is 25.1 Å². The molecule has 0 saturated carbocycles. The van der Waals surface area contributed by atoms with Gasteiger partial charge in [0.15, 0.2) is 5.43 Å². The molecule has 2 aliphatic heterocycles. The average Bonchev–Trinajstić information content (AvgIpc) is 2.69. The van der Waals surface area contributed by atoms with Crippen molar-refractivity contribution >= 4 is 11.7 Å². The van der Waals surface area contributed by atoms with Crippen LogP contribution >= 0.6 is 0 Å². The lowest BCUT2D eigenvalue weighted by molar-refractivity contribution is -0.0264. The second kappa shape index (κ2) is 8.92. The van der Waals surface area contributed by atoms with Crippen LogP contribution in [0.3, 0.4) is 0 Å². The number of nitrogens with zero attached hydrogens (tertiary/aromatic N) is 2. The first-order valence-corrected chi connectivity index (χ1v) is 10.8. The summed E-state index contributed by atoms with van der Waals surface area (Å²) in [5, 5.41) is 9.21. The molecule has 0 amide bonds. The number of anilines is 1. The van der Waals surface area contributed by atoms with Gasteiger partial charge in [0.25, 0.3) is 5.92 Å². The predicted octanol–water partition coefficient (Wildman–Crippen LogP) is 4.46. The normalized spacial score (nSPS) is 15.8. The Bertz CT molecular complexity index is 1080. The highest BCUT2D eigenvalue weighted by Gasteiger charge is 2.45. The van der Waals surface area contributed by atoms with Crippen LogP contribution in [0.4, 0.5) is 14.5 Å². The first kappa shape index (κ1) is 23.8. The highest BCUT2D eigenvalue weighted by molar-refractivity contribution is 5.88. The molecule has 1 aromatic carbocycles. The number of hydrogen-bond donors (Lipinski definition) is 1. The highest BCUT2D eigenvalue weighted by Crippen LogP contribution is 2.45. The highest BCUT2D eigenvalue weighted by atomic mass is 19.3. The van der Waals surface area contributed by atoms with E-state index in [1.54, 1.807) is 15.5 Å². The number of pyridine rings is 1. The monoisotopic (exact) mass is 448 g/mol. The second-order valence-electron chi connectivity index (χ2n) is 8.92. The van der Waals surface area contributed by atoms with Crippen LogP contribution in [0.5, 0.6) is 5.75 Å². The van der Waals surface area contributed by atoms with Crippen LogP contribution in [0.1, 0.15) is 49.2 Å². The van der Waals surface area contributed by atoms with Crippen molar-refractivity contribution in [2.45, 2.75) is 53.0 Å². The molecule has 3 heterocycles. The molecule has 0 atom stereocenters. The molecule has 2 aromatic rings. The Morgan fingerprint density at radius 2 is 1.88 bits per heavy atom. The maximum atomic E-state index is 13.5. The topological polar surface area (TPSA) is 71.8 Å². The Hall–Kier alpha value is -2.90. The van der Waals surface area contributed by atoms with Gasteiger partial charge in [-0.25, -0.2) is 13.6 Å². The molecule has 0 unspecified atom stereocenters. The lowest BCUT2D eigenvalue weighted by atomic mass is 9.89. The third-order valence-electron chi connectivity index (χ3n) is 5.46. The molecule has 1 saturated heterocycles. The number of fused-ring (bicyclic) bond motifs is 3. The fourth-order valence-corrected chi connectivity index (χ4v) is 4.16. The van der Waals surface area contributed by atoms with E-state index in [0.717, 1.165) is 22.6 Å². The zero-order chi connectivity index (χ0) is 23.8. The summed E-state index contributed by atoms with van der Waals surface area (Å²) < 4.78 is 34.3. The Kier molecular flexibility index (Phi) is 6.62. The molecule has 174 valence electrons. The number of halogens is 2. The summed E-state index contributed by atoms with van der Waals surface area (Å²) in [6.45, 7) is 8.24. The molecule has 2 aliphatic rings. The van der Waals surface area contributed by atoms with Gasteiger partial charge in [0.2, 0.25) is 0 Å². The number of aromatic nitrogens is 1. The molecule has 0 bridgehead atoms. The van der Waals surface area contributed by atoms with Gasteiger partial charge in [-0.05, 0) is 36.0 Å². The Morgan fingerprint density at radius 3 is 2.38 bits per heavy atom. The summed E-state index contributed by atoms with van der Waals surface area (Å²) in [6.07, 6.45) is 2.65. The van der Waals surface area contributed by atoms with Gasteiger partial charge in [-0.1, -0.05) is 27.7 Å². The minimum atomic E-state index is -2.72. The molecule has 0 spiro atoms. The summed E-state index contributed by atoms with van der Waals surface area (Å²) in [5.41, 5.74) is 3.04. The van der Waals surface area contributed by atoms with Gasteiger partial charge in [-0.2, -0.15) is 0 Å². The van der Waals surface area contributed by atoms with Crippen LogP contribution in [-0.4, -0.2) is 41.8 Å². The van der Waals surface area contributed by atoms with Crippen LogP contribution < -0.4 is 15.1 Å². The van der Waals surface area contributed by atoms with Crippen molar-refractivity contribution in [3.63, 3.8) is 0 Å². The number of methoxy groups -OCH3 is 1. The number of aromatic carboxylic acids is 1. The molecule has 1 aromatic heterocycles. The molecule has 8 heteroatoms. The molecule has 0 aliphatic carbocycles. The minimum absolute atomic E-state index is 0.279. The third kappa shape index (κ3) is 4.49. The van der Waals surface area contributed by atoms with E-state index in [0.29, 0.717) is 36.5 Å². The minimum Gasteiger partial charge on any atom is -0.494 e. The van der Waals surface area contributed by atoms with E-state index < -0.39 is 17.3 Å². The lowest BCUT2D eigenvalue weighted by Crippen LogP contribution is -2.56. The zero-order valence-electron chi connectivity index (χ0n) is 19.2. The zero-order valence-corrected chi connectivity index (χ0v) is 19.2. The van der Waals surface area contributed by atoms with Gasteiger partial charge < -0.3 is 19.3 Å². The summed E-state index contributed by atoms with van der Waals surface area (Å²) in [5.74, 6) is -2.56. The number of benzene rings is 1. The molecule has 4 rings (SSSR count). The van der Waals surface area contributed by atoms with Crippen LogP contribution in [0.2, 0.25) is 0 Å². The smallest absolute Gasteiger partial charge is 0.341 e. The molecule has 1 N–H and O–H groups in total. The number of carboxylic acids is 1. The Labute approximate surface area is 186 Å².